The number of nitrogens with zero attached hydrogens (tertiary/aromatic N) is 2. The van der Waals surface area contributed by atoms with Gasteiger partial charge in [0.15, 0.2) is 5.96 Å². The van der Waals surface area contributed by atoms with E-state index in [4.69, 9.17) is 0 Å². The summed E-state index contributed by atoms with van der Waals surface area (Å²) in [6, 6.07) is 14.0. The molecule has 1 amide bonds. The highest BCUT2D eigenvalue weighted by atomic mass is 127. The quantitative estimate of drug-likeness (QED) is 0.311. The zero-order valence-electron chi connectivity index (χ0n) is 17.2. The number of rotatable bonds is 8. The lowest BCUT2D eigenvalue weighted by atomic mass is 10.1. The summed E-state index contributed by atoms with van der Waals surface area (Å²) >= 11 is 0. The van der Waals surface area contributed by atoms with Gasteiger partial charge in [0, 0.05) is 39.8 Å². The van der Waals surface area contributed by atoms with Gasteiger partial charge < -0.3 is 20.3 Å². The van der Waals surface area contributed by atoms with Gasteiger partial charge in [-0.2, -0.15) is 8.78 Å². The molecule has 164 valence electrons. The third-order valence-corrected chi connectivity index (χ3v) is 4.25. The Morgan fingerprint density at radius 2 is 1.87 bits per heavy atom. The average molecular weight is 532 g/mol. The predicted octanol–water partition coefficient (Wildman–Crippen LogP) is 3.52. The fourth-order valence-electron chi connectivity index (χ4n) is 2.84. The second kappa shape index (κ2) is 13.0. The molecule has 0 aliphatic carbocycles. The fourth-order valence-corrected chi connectivity index (χ4v) is 2.84. The molecule has 2 rings (SSSR count). The van der Waals surface area contributed by atoms with E-state index in [2.05, 4.69) is 20.4 Å². The molecule has 0 saturated heterocycles. The van der Waals surface area contributed by atoms with Crippen molar-refractivity contribution in [3.63, 3.8) is 0 Å². The zero-order valence-corrected chi connectivity index (χ0v) is 19.5. The summed E-state index contributed by atoms with van der Waals surface area (Å²) in [6.07, 6.45) is 0.733. The van der Waals surface area contributed by atoms with Crippen LogP contribution in [0.15, 0.2) is 53.5 Å². The van der Waals surface area contributed by atoms with E-state index >= 15 is 0 Å². The van der Waals surface area contributed by atoms with Gasteiger partial charge in [-0.15, -0.1) is 24.0 Å². The molecule has 0 aliphatic rings. The summed E-state index contributed by atoms with van der Waals surface area (Å²) < 4.78 is 28.8. The molecular weight excluding hydrogens is 505 g/mol. The first kappa shape index (κ1) is 25.6. The number of amides is 1. The Morgan fingerprint density at radius 1 is 1.17 bits per heavy atom. The van der Waals surface area contributed by atoms with Crippen LogP contribution < -0.4 is 15.4 Å². The monoisotopic (exact) mass is 532 g/mol. The highest BCUT2D eigenvalue weighted by Gasteiger charge is 2.09. The molecule has 2 aromatic rings. The van der Waals surface area contributed by atoms with E-state index in [-0.39, 0.29) is 35.6 Å². The highest BCUT2D eigenvalue weighted by Crippen LogP contribution is 2.15. The third kappa shape index (κ3) is 8.13. The van der Waals surface area contributed by atoms with Crippen LogP contribution in [0.4, 0.5) is 8.78 Å². The molecule has 6 nitrogen and oxygen atoms in total. The van der Waals surface area contributed by atoms with Gasteiger partial charge in [-0.05, 0) is 41.8 Å². The molecule has 0 radical (unpaired) electrons. The van der Waals surface area contributed by atoms with E-state index in [0.29, 0.717) is 24.6 Å². The lowest BCUT2D eigenvalue weighted by Crippen LogP contribution is -2.39. The van der Waals surface area contributed by atoms with Crippen molar-refractivity contribution in [2.75, 3.05) is 27.7 Å². The van der Waals surface area contributed by atoms with Crippen LogP contribution in [0, 0.1) is 0 Å². The van der Waals surface area contributed by atoms with Gasteiger partial charge in [-0.1, -0.05) is 24.3 Å². The Bertz CT molecular complexity index is 832. The molecule has 0 fully saturated rings. The number of halogens is 3. The van der Waals surface area contributed by atoms with Crippen molar-refractivity contribution in [2.45, 2.75) is 19.6 Å². The second-order valence-electron chi connectivity index (χ2n) is 6.38. The van der Waals surface area contributed by atoms with E-state index in [9.17, 15) is 13.6 Å². The molecule has 0 saturated carbocycles. The first-order valence-corrected chi connectivity index (χ1v) is 9.19. The van der Waals surface area contributed by atoms with Crippen molar-refractivity contribution < 1.29 is 18.3 Å². The maximum Gasteiger partial charge on any atom is 0.387 e. The average Bonchev–Trinajstić information content (AvgIpc) is 2.71. The SMILES string of the molecule is CN=C(NCCc1cccc(C(=O)NC)c1)N(C)Cc1ccc(OC(F)F)cc1.I. The Hall–Kier alpha value is -2.43. The lowest BCUT2D eigenvalue weighted by Gasteiger charge is -2.22. The topological polar surface area (TPSA) is 66.0 Å². The van der Waals surface area contributed by atoms with Crippen LogP contribution in [0.5, 0.6) is 5.75 Å². The van der Waals surface area contributed by atoms with E-state index in [0.717, 1.165) is 17.5 Å². The van der Waals surface area contributed by atoms with Gasteiger partial charge in [0.2, 0.25) is 0 Å². The van der Waals surface area contributed by atoms with Gasteiger partial charge in [0.1, 0.15) is 5.75 Å². The maximum absolute atomic E-state index is 12.2. The summed E-state index contributed by atoms with van der Waals surface area (Å²) in [6.45, 7) is -1.63. The predicted molar refractivity (Wildman–Crippen MR) is 125 cm³/mol. The first-order chi connectivity index (χ1) is 13.9. The van der Waals surface area contributed by atoms with Crippen molar-refractivity contribution in [1.82, 2.24) is 15.5 Å². The van der Waals surface area contributed by atoms with Crippen molar-refractivity contribution in [3.8, 4) is 5.75 Å². The molecule has 0 unspecified atom stereocenters. The Kier molecular flexibility index (Phi) is 11.1. The van der Waals surface area contributed by atoms with Crippen molar-refractivity contribution in [3.05, 3.63) is 65.2 Å². The minimum Gasteiger partial charge on any atom is -0.435 e. The Balaban J connectivity index is 0.00000450. The van der Waals surface area contributed by atoms with Crippen LogP contribution >= 0.6 is 24.0 Å². The number of guanidine groups is 1. The number of carbonyl (C=O) groups is 1. The molecule has 2 N–H and O–H groups in total. The first-order valence-electron chi connectivity index (χ1n) is 9.19. The minimum atomic E-state index is -2.83. The summed E-state index contributed by atoms with van der Waals surface area (Å²) in [5.74, 6) is 0.730. The second-order valence-corrected chi connectivity index (χ2v) is 6.38. The van der Waals surface area contributed by atoms with Crippen LogP contribution in [-0.4, -0.2) is 51.1 Å². The molecule has 0 heterocycles. The van der Waals surface area contributed by atoms with Crippen LogP contribution in [0.25, 0.3) is 0 Å². The highest BCUT2D eigenvalue weighted by molar-refractivity contribution is 14.0. The Labute approximate surface area is 192 Å². The standard InChI is InChI=1S/C21H26F2N4O2.HI/c1-24-19(28)17-6-4-5-15(13-17)11-12-26-21(25-2)27(3)14-16-7-9-18(10-8-16)29-20(22)23;/h4-10,13,20H,11-12,14H2,1-3H3,(H,24,28)(H,25,26);1H. The largest absolute Gasteiger partial charge is 0.435 e. The number of nitrogens with one attached hydrogen (secondary N) is 2. The number of hydrogen-bond acceptors (Lipinski definition) is 3. The van der Waals surface area contributed by atoms with Crippen LogP contribution in [-0.2, 0) is 13.0 Å². The number of carbonyl (C=O) groups excluding carboxylic acids is 1. The normalized spacial score (nSPS) is 10.9. The maximum atomic E-state index is 12.2. The zero-order chi connectivity index (χ0) is 21.2. The number of hydrogen-bond donors (Lipinski definition) is 2. The van der Waals surface area contributed by atoms with Crippen LogP contribution in [0.2, 0.25) is 0 Å². The van der Waals surface area contributed by atoms with E-state index in [1.165, 1.54) is 12.1 Å². The summed E-state index contributed by atoms with van der Waals surface area (Å²) in [4.78, 5) is 17.9. The van der Waals surface area contributed by atoms with E-state index in [1.807, 2.05) is 30.1 Å². The van der Waals surface area contributed by atoms with Crippen LogP contribution in [0.1, 0.15) is 21.5 Å². The van der Waals surface area contributed by atoms with Crippen LogP contribution in [0.3, 0.4) is 0 Å². The fraction of sp³-hybridized carbons (Fsp3) is 0.333. The van der Waals surface area contributed by atoms with Gasteiger partial charge in [0.25, 0.3) is 5.91 Å². The van der Waals surface area contributed by atoms with Gasteiger partial charge in [-0.25, -0.2) is 0 Å². The summed E-state index contributed by atoms with van der Waals surface area (Å²) in [5, 5.41) is 5.91. The molecular formula is C21H27F2IN4O2. The van der Waals surface area contributed by atoms with Crippen molar-refractivity contribution in [1.29, 1.82) is 0 Å². The minimum absolute atomic E-state index is 0. The van der Waals surface area contributed by atoms with Gasteiger partial charge in [0.05, 0.1) is 0 Å². The van der Waals surface area contributed by atoms with E-state index in [1.54, 1.807) is 32.3 Å². The number of benzene rings is 2. The molecule has 0 bridgehead atoms. The summed E-state index contributed by atoms with van der Waals surface area (Å²) in [7, 11) is 5.20. The van der Waals surface area contributed by atoms with Crippen molar-refractivity contribution in [2.24, 2.45) is 4.99 Å². The molecule has 2 aromatic carbocycles. The molecule has 0 atom stereocenters. The third-order valence-electron chi connectivity index (χ3n) is 4.25. The van der Waals surface area contributed by atoms with E-state index < -0.39 is 6.61 Å². The number of ether oxygens (including phenoxy) is 1. The molecule has 0 aliphatic heterocycles. The van der Waals surface area contributed by atoms with Gasteiger partial charge >= 0.3 is 6.61 Å². The van der Waals surface area contributed by atoms with Gasteiger partial charge in [-0.3, -0.25) is 9.79 Å². The number of aliphatic imine (C=N–C) groups is 1. The molecule has 0 spiro atoms. The van der Waals surface area contributed by atoms with Crippen molar-refractivity contribution >= 4 is 35.8 Å². The Morgan fingerprint density at radius 3 is 2.47 bits per heavy atom. The summed E-state index contributed by atoms with van der Waals surface area (Å²) in [5.41, 5.74) is 2.62. The molecule has 30 heavy (non-hydrogen) atoms. The lowest BCUT2D eigenvalue weighted by molar-refractivity contribution is -0.0498. The number of alkyl halides is 2. The smallest absolute Gasteiger partial charge is 0.387 e. The molecule has 9 heteroatoms. The molecule has 0 aromatic heterocycles.